The van der Waals surface area contributed by atoms with Crippen molar-refractivity contribution in [1.82, 2.24) is 20.1 Å². The van der Waals surface area contributed by atoms with Crippen LogP contribution in [0.25, 0.3) is 0 Å². The fraction of sp³-hybridized carbons (Fsp3) is 0.769. The van der Waals surface area contributed by atoms with Crippen molar-refractivity contribution in [2.24, 2.45) is 5.73 Å². The first-order chi connectivity index (χ1) is 9.16. The van der Waals surface area contributed by atoms with E-state index in [0.717, 1.165) is 44.5 Å². The molecule has 2 atom stereocenters. The standard InChI is InChI=1S/C13H21N5O/c1-8(14)10-4-2-3-7-18(10)13(19)12-15-11(16-17-12)9-5-6-9/h8-10H,2-7,14H2,1H3,(H,15,16,17). The summed E-state index contributed by atoms with van der Waals surface area (Å²) in [6, 6.07) is 0.107. The van der Waals surface area contributed by atoms with Crippen molar-refractivity contribution >= 4 is 5.91 Å². The molecule has 1 amide bonds. The maximum atomic E-state index is 12.5. The van der Waals surface area contributed by atoms with Crippen molar-refractivity contribution in [3.8, 4) is 0 Å². The number of nitrogens with one attached hydrogen (secondary N) is 1. The van der Waals surface area contributed by atoms with E-state index in [2.05, 4.69) is 15.2 Å². The van der Waals surface area contributed by atoms with Gasteiger partial charge >= 0.3 is 0 Å². The van der Waals surface area contributed by atoms with Gasteiger partial charge in [-0.15, -0.1) is 5.10 Å². The molecule has 0 aromatic carbocycles. The third-order valence-electron chi connectivity index (χ3n) is 4.08. The monoisotopic (exact) mass is 263 g/mol. The highest BCUT2D eigenvalue weighted by Crippen LogP contribution is 2.37. The van der Waals surface area contributed by atoms with Crippen LogP contribution in [0.4, 0.5) is 0 Å². The maximum absolute atomic E-state index is 12.5. The summed E-state index contributed by atoms with van der Waals surface area (Å²) in [4.78, 5) is 18.7. The van der Waals surface area contributed by atoms with Gasteiger partial charge in [0.05, 0.1) is 0 Å². The Kier molecular flexibility index (Phi) is 3.26. The van der Waals surface area contributed by atoms with E-state index >= 15 is 0 Å². The molecule has 1 aromatic rings. The molecule has 0 spiro atoms. The number of hydrogen-bond acceptors (Lipinski definition) is 4. The molecular formula is C13H21N5O. The van der Waals surface area contributed by atoms with Crippen LogP contribution in [0, 0.1) is 0 Å². The van der Waals surface area contributed by atoms with Crippen LogP contribution in [0.5, 0.6) is 0 Å². The molecule has 1 aliphatic heterocycles. The molecule has 6 nitrogen and oxygen atoms in total. The van der Waals surface area contributed by atoms with Crippen molar-refractivity contribution in [2.45, 2.75) is 57.0 Å². The first kappa shape index (κ1) is 12.6. The van der Waals surface area contributed by atoms with Gasteiger partial charge in [-0.25, -0.2) is 4.98 Å². The molecule has 2 heterocycles. The Labute approximate surface area is 112 Å². The number of aromatic nitrogens is 3. The lowest BCUT2D eigenvalue weighted by molar-refractivity contribution is 0.0571. The van der Waals surface area contributed by atoms with Gasteiger partial charge in [0.2, 0.25) is 5.82 Å². The number of nitrogens with two attached hydrogens (primary N) is 1. The van der Waals surface area contributed by atoms with Gasteiger partial charge in [-0.1, -0.05) is 0 Å². The summed E-state index contributed by atoms with van der Waals surface area (Å²) in [6.45, 7) is 2.72. The summed E-state index contributed by atoms with van der Waals surface area (Å²) < 4.78 is 0. The lowest BCUT2D eigenvalue weighted by atomic mass is 9.97. The van der Waals surface area contributed by atoms with Gasteiger partial charge in [-0.3, -0.25) is 9.89 Å². The predicted molar refractivity (Wildman–Crippen MR) is 70.7 cm³/mol. The Morgan fingerprint density at radius 1 is 1.42 bits per heavy atom. The Bertz CT molecular complexity index is 465. The second-order valence-corrected chi connectivity index (χ2v) is 5.74. The number of amides is 1. The number of H-pyrrole nitrogens is 1. The Balaban J connectivity index is 1.76. The maximum Gasteiger partial charge on any atom is 0.293 e. The van der Waals surface area contributed by atoms with E-state index in [-0.39, 0.29) is 18.0 Å². The summed E-state index contributed by atoms with van der Waals surface area (Å²) in [5.74, 6) is 1.57. The molecule has 1 saturated carbocycles. The SMILES string of the molecule is CC(N)C1CCCCN1C(=O)c1n[nH]c(C2CC2)n1. The third kappa shape index (κ3) is 2.49. The number of carbonyl (C=O) groups excluding carboxylic acids is 1. The minimum Gasteiger partial charge on any atom is -0.331 e. The van der Waals surface area contributed by atoms with Crippen LogP contribution in [0.3, 0.4) is 0 Å². The molecule has 19 heavy (non-hydrogen) atoms. The topological polar surface area (TPSA) is 87.9 Å². The molecule has 0 radical (unpaired) electrons. The van der Waals surface area contributed by atoms with Gasteiger partial charge in [0, 0.05) is 24.5 Å². The smallest absolute Gasteiger partial charge is 0.293 e. The third-order valence-corrected chi connectivity index (χ3v) is 4.08. The second kappa shape index (κ2) is 4.92. The van der Waals surface area contributed by atoms with E-state index in [1.807, 2.05) is 11.8 Å². The lowest BCUT2D eigenvalue weighted by Gasteiger charge is -2.37. The highest BCUT2D eigenvalue weighted by atomic mass is 16.2. The van der Waals surface area contributed by atoms with E-state index in [1.165, 1.54) is 0 Å². The molecule has 1 aliphatic carbocycles. The zero-order valence-corrected chi connectivity index (χ0v) is 11.3. The highest BCUT2D eigenvalue weighted by molar-refractivity contribution is 5.90. The summed E-state index contributed by atoms with van der Waals surface area (Å²) >= 11 is 0. The Morgan fingerprint density at radius 2 is 2.21 bits per heavy atom. The van der Waals surface area contributed by atoms with Gasteiger partial charge in [0.1, 0.15) is 5.82 Å². The normalized spacial score (nSPS) is 25.4. The number of aromatic amines is 1. The van der Waals surface area contributed by atoms with Crippen LogP contribution in [0.2, 0.25) is 0 Å². The zero-order chi connectivity index (χ0) is 13.4. The molecule has 2 fully saturated rings. The van der Waals surface area contributed by atoms with Crippen LogP contribution < -0.4 is 5.73 Å². The largest absolute Gasteiger partial charge is 0.331 e. The number of piperidine rings is 1. The van der Waals surface area contributed by atoms with E-state index in [0.29, 0.717) is 11.7 Å². The fourth-order valence-electron chi connectivity index (χ4n) is 2.79. The number of nitrogens with zero attached hydrogens (tertiary/aromatic N) is 3. The van der Waals surface area contributed by atoms with Crippen LogP contribution >= 0.6 is 0 Å². The van der Waals surface area contributed by atoms with Gasteiger partial charge < -0.3 is 10.6 Å². The minimum absolute atomic E-state index is 0.00825. The van der Waals surface area contributed by atoms with Crippen LogP contribution in [0.15, 0.2) is 0 Å². The van der Waals surface area contributed by atoms with Crippen molar-refractivity contribution in [3.05, 3.63) is 11.6 Å². The van der Waals surface area contributed by atoms with Gasteiger partial charge in [0.25, 0.3) is 5.91 Å². The Hall–Kier alpha value is -1.43. The minimum atomic E-state index is -0.0786. The van der Waals surface area contributed by atoms with E-state index in [4.69, 9.17) is 5.73 Å². The molecule has 1 saturated heterocycles. The molecule has 6 heteroatoms. The number of likely N-dealkylation sites (tertiary alicyclic amines) is 1. The van der Waals surface area contributed by atoms with Crippen molar-refractivity contribution in [3.63, 3.8) is 0 Å². The summed E-state index contributed by atoms with van der Waals surface area (Å²) in [7, 11) is 0. The van der Waals surface area contributed by atoms with Crippen molar-refractivity contribution < 1.29 is 4.79 Å². The molecule has 2 unspecified atom stereocenters. The molecule has 3 rings (SSSR count). The molecular weight excluding hydrogens is 242 g/mol. The van der Waals surface area contributed by atoms with Gasteiger partial charge in [-0.05, 0) is 39.0 Å². The van der Waals surface area contributed by atoms with Crippen LogP contribution in [0.1, 0.15) is 61.4 Å². The average molecular weight is 263 g/mol. The number of carbonyl (C=O) groups is 1. The predicted octanol–water partition coefficient (Wildman–Crippen LogP) is 1.02. The first-order valence-electron chi connectivity index (χ1n) is 7.15. The zero-order valence-electron chi connectivity index (χ0n) is 11.3. The summed E-state index contributed by atoms with van der Waals surface area (Å²) in [5, 5.41) is 6.97. The molecule has 2 aliphatic rings. The van der Waals surface area contributed by atoms with Gasteiger partial charge in [-0.2, -0.15) is 0 Å². The van der Waals surface area contributed by atoms with E-state index < -0.39 is 0 Å². The molecule has 3 N–H and O–H groups in total. The molecule has 104 valence electrons. The average Bonchev–Trinajstić information content (AvgIpc) is 3.16. The van der Waals surface area contributed by atoms with Crippen molar-refractivity contribution in [2.75, 3.05) is 6.54 Å². The molecule has 0 bridgehead atoms. The lowest BCUT2D eigenvalue weighted by Crippen LogP contribution is -2.51. The fourth-order valence-corrected chi connectivity index (χ4v) is 2.79. The highest BCUT2D eigenvalue weighted by Gasteiger charge is 2.33. The summed E-state index contributed by atoms with van der Waals surface area (Å²) in [6.07, 6.45) is 5.44. The first-order valence-corrected chi connectivity index (χ1v) is 7.15. The molecule has 1 aromatic heterocycles. The van der Waals surface area contributed by atoms with Gasteiger partial charge in [0.15, 0.2) is 0 Å². The Morgan fingerprint density at radius 3 is 2.89 bits per heavy atom. The number of hydrogen-bond donors (Lipinski definition) is 2. The van der Waals surface area contributed by atoms with Crippen molar-refractivity contribution in [1.29, 1.82) is 0 Å². The van der Waals surface area contributed by atoms with Crippen LogP contribution in [-0.4, -0.2) is 44.6 Å². The van der Waals surface area contributed by atoms with Crippen LogP contribution in [-0.2, 0) is 0 Å². The summed E-state index contributed by atoms with van der Waals surface area (Å²) in [5.41, 5.74) is 5.99. The van der Waals surface area contributed by atoms with E-state index in [9.17, 15) is 4.79 Å². The van der Waals surface area contributed by atoms with E-state index in [1.54, 1.807) is 0 Å². The second-order valence-electron chi connectivity index (χ2n) is 5.74. The quantitative estimate of drug-likeness (QED) is 0.852. The number of rotatable bonds is 3.